The van der Waals surface area contributed by atoms with Gasteiger partial charge in [0.1, 0.15) is 18.3 Å². The summed E-state index contributed by atoms with van der Waals surface area (Å²) in [6.07, 6.45) is 16.9. The number of rotatable bonds is 20. The quantitative estimate of drug-likeness (QED) is 0.176. The van der Waals surface area contributed by atoms with E-state index in [-0.39, 0.29) is 6.61 Å². The zero-order valence-electron chi connectivity index (χ0n) is 20.4. The van der Waals surface area contributed by atoms with Crippen molar-refractivity contribution in [1.29, 1.82) is 0 Å². The highest BCUT2D eigenvalue weighted by Crippen LogP contribution is 2.34. The molecule has 192 valence electrons. The van der Waals surface area contributed by atoms with E-state index in [1.165, 1.54) is 84.2 Å². The fraction of sp³-hybridized carbons (Fsp3) is 1.00. The van der Waals surface area contributed by atoms with Crippen molar-refractivity contribution in [2.45, 2.75) is 139 Å². The molecule has 0 aliphatic carbocycles. The van der Waals surface area contributed by atoms with Crippen molar-refractivity contribution < 1.29 is 29.9 Å². The first kappa shape index (κ1) is 29.8. The standard InChI is InChI=1S/C25H51NO6/c1-31-25(24(26)23(30)22(29)21(20-28)32-25)18-16-14-12-10-8-6-4-2-3-5-7-9-11-13-15-17-19-27/h21-24,27-30H,2-20,26H2,1H3/t21-,22-,23+,24-,25?/m1/s1. The van der Waals surface area contributed by atoms with Crippen LogP contribution in [0.5, 0.6) is 0 Å². The number of hydrogen-bond donors (Lipinski definition) is 5. The second-order valence-corrected chi connectivity index (χ2v) is 9.49. The summed E-state index contributed by atoms with van der Waals surface area (Å²) < 4.78 is 11.3. The van der Waals surface area contributed by atoms with Gasteiger partial charge in [0.15, 0.2) is 5.79 Å². The second kappa shape index (κ2) is 18.1. The maximum atomic E-state index is 10.2. The number of aliphatic hydroxyl groups excluding tert-OH is 4. The maximum Gasteiger partial charge on any atom is 0.186 e. The van der Waals surface area contributed by atoms with E-state index in [0.717, 1.165) is 25.7 Å². The van der Waals surface area contributed by atoms with Crippen LogP contribution in [0.25, 0.3) is 0 Å². The Morgan fingerprint density at radius 3 is 1.47 bits per heavy atom. The summed E-state index contributed by atoms with van der Waals surface area (Å²) in [7, 11) is 1.50. The minimum Gasteiger partial charge on any atom is -0.396 e. The molecule has 1 aliphatic rings. The average molecular weight is 462 g/mol. The molecule has 6 N–H and O–H groups in total. The van der Waals surface area contributed by atoms with Crippen molar-refractivity contribution in [2.75, 3.05) is 20.3 Å². The van der Waals surface area contributed by atoms with Crippen molar-refractivity contribution in [2.24, 2.45) is 5.73 Å². The molecule has 7 nitrogen and oxygen atoms in total. The first-order valence-electron chi connectivity index (χ1n) is 13.1. The lowest BCUT2D eigenvalue weighted by atomic mass is 9.87. The second-order valence-electron chi connectivity index (χ2n) is 9.49. The molecule has 0 radical (unpaired) electrons. The van der Waals surface area contributed by atoms with Crippen LogP contribution in [0.15, 0.2) is 0 Å². The van der Waals surface area contributed by atoms with E-state index >= 15 is 0 Å². The highest BCUT2D eigenvalue weighted by atomic mass is 16.7. The molecule has 1 rings (SSSR count). The van der Waals surface area contributed by atoms with Gasteiger partial charge in [0.2, 0.25) is 0 Å². The van der Waals surface area contributed by atoms with Crippen molar-refractivity contribution in [1.82, 2.24) is 0 Å². The summed E-state index contributed by atoms with van der Waals surface area (Å²) in [6, 6.07) is -0.850. The Morgan fingerprint density at radius 2 is 1.09 bits per heavy atom. The molecule has 1 unspecified atom stereocenters. The molecule has 7 heteroatoms. The van der Waals surface area contributed by atoms with E-state index in [2.05, 4.69) is 0 Å². The monoisotopic (exact) mass is 461 g/mol. The number of nitrogens with two attached hydrogens (primary N) is 1. The van der Waals surface area contributed by atoms with E-state index < -0.39 is 30.1 Å². The van der Waals surface area contributed by atoms with Gasteiger partial charge in [0, 0.05) is 20.1 Å². The van der Waals surface area contributed by atoms with Gasteiger partial charge in [-0.1, -0.05) is 89.9 Å². The van der Waals surface area contributed by atoms with Gasteiger partial charge in [-0.05, 0) is 12.8 Å². The third-order valence-electron chi connectivity index (χ3n) is 6.92. The summed E-state index contributed by atoms with van der Waals surface area (Å²) >= 11 is 0. The molecule has 0 bridgehead atoms. The fourth-order valence-corrected chi connectivity index (χ4v) is 4.71. The Morgan fingerprint density at radius 1 is 0.688 bits per heavy atom. The smallest absolute Gasteiger partial charge is 0.186 e. The molecule has 1 fully saturated rings. The highest BCUT2D eigenvalue weighted by Gasteiger charge is 2.52. The van der Waals surface area contributed by atoms with E-state index in [9.17, 15) is 15.3 Å². The van der Waals surface area contributed by atoms with Gasteiger partial charge in [0.05, 0.1) is 12.6 Å². The van der Waals surface area contributed by atoms with Gasteiger partial charge in [-0.3, -0.25) is 0 Å². The molecule has 1 saturated heterocycles. The summed E-state index contributed by atoms with van der Waals surface area (Å²) in [6.45, 7) is -0.0533. The summed E-state index contributed by atoms with van der Waals surface area (Å²) in [5.41, 5.74) is 6.10. The number of unbranched alkanes of at least 4 members (excludes halogenated alkanes) is 15. The topological polar surface area (TPSA) is 125 Å². The van der Waals surface area contributed by atoms with Crippen molar-refractivity contribution in [3.63, 3.8) is 0 Å². The van der Waals surface area contributed by atoms with Crippen LogP contribution in [-0.2, 0) is 9.47 Å². The first-order chi connectivity index (χ1) is 15.5. The lowest BCUT2D eigenvalue weighted by Crippen LogP contribution is -2.69. The van der Waals surface area contributed by atoms with Crippen LogP contribution in [0.3, 0.4) is 0 Å². The predicted molar refractivity (Wildman–Crippen MR) is 127 cm³/mol. The zero-order valence-corrected chi connectivity index (χ0v) is 20.4. The average Bonchev–Trinajstić information content (AvgIpc) is 2.81. The summed E-state index contributed by atoms with van der Waals surface area (Å²) in [5, 5.41) is 38.4. The normalized spacial score (nSPS) is 28.3. The molecule has 5 atom stereocenters. The molecule has 1 heterocycles. The predicted octanol–water partition coefficient (Wildman–Crippen LogP) is 3.39. The van der Waals surface area contributed by atoms with Gasteiger partial charge in [0.25, 0.3) is 0 Å². The van der Waals surface area contributed by atoms with E-state index in [0.29, 0.717) is 13.0 Å². The number of ether oxygens (including phenoxy) is 2. The Balaban J connectivity index is 2.00. The van der Waals surface area contributed by atoms with Crippen LogP contribution in [0.2, 0.25) is 0 Å². The van der Waals surface area contributed by atoms with Gasteiger partial charge >= 0.3 is 0 Å². The summed E-state index contributed by atoms with van der Waals surface area (Å²) in [4.78, 5) is 0. The van der Waals surface area contributed by atoms with Crippen LogP contribution in [0.1, 0.15) is 109 Å². The van der Waals surface area contributed by atoms with Crippen LogP contribution in [0, 0.1) is 0 Å². The molecule has 0 spiro atoms. The Labute approximate surface area is 195 Å². The molecule has 32 heavy (non-hydrogen) atoms. The largest absolute Gasteiger partial charge is 0.396 e. The SMILES string of the molecule is COC1(CCCCCCCCCCCCCCCCCCO)O[C@H](CO)[C@@H](O)[C@H](O)[C@H]1N. The van der Waals surface area contributed by atoms with Crippen LogP contribution >= 0.6 is 0 Å². The number of methoxy groups -OCH3 is 1. The zero-order chi connectivity index (χ0) is 23.7. The Kier molecular flexibility index (Phi) is 16.8. The summed E-state index contributed by atoms with van der Waals surface area (Å²) in [5.74, 6) is -1.16. The third-order valence-corrected chi connectivity index (χ3v) is 6.92. The first-order valence-corrected chi connectivity index (χ1v) is 13.1. The highest BCUT2D eigenvalue weighted by molar-refractivity contribution is 4.99. The maximum absolute atomic E-state index is 10.2. The third kappa shape index (κ3) is 10.8. The molecule has 0 saturated carbocycles. The van der Waals surface area contributed by atoms with E-state index in [1.807, 2.05) is 0 Å². The van der Waals surface area contributed by atoms with Gasteiger partial charge < -0.3 is 35.6 Å². The minimum atomic E-state index is -1.21. The molecule has 0 amide bonds. The lowest BCUT2D eigenvalue weighted by molar-refractivity contribution is -0.326. The number of hydrogen-bond acceptors (Lipinski definition) is 7. The number of aliphatic hydroxyl groups is 4. The minimum absolute atomic E-state index is 0.334. The van der Waals surface area contributed by atoms with Gasteiger partial charge in [-0.25, -0.2) is 0 Å². The van der Waals surface area contributed by atoms with Gasteiger partial charge in [-0.2, -0.15) is 0 Å². The van der Waals surface area contributed by atoms with E-state index in [4.69, 9.17) is 20.3 Å². The van der Waals surface area contributed by atoms with Crippen molar-refractivity contribution in [3.8, 4) is 0 Å². The lowest BCUT2D eigenvalue weighted by Gasteiger charge is -2.48. The molecule has 0 aromatic rings. The van der Waals surface area contributed by atoms with Crippen LogP contribution in [0.4, 0.5) is 0 Å². The molecular weight excluding hydrogens is 410 g/mol. The molecule has 0 aromatic heterocycles. The van der Waals surface area contributed by atoms with Crippen LogP contribution < -0.4 is 5.73 Å². The Bertz CT molecular complexity index is 439. The van der Waals surface area contributed by atoms with Crippen molar-refractivity contribution >= 4 is 0 Å². The van der Waals surface area contributed by atoms with Crippen LogP contribution in [-0.4, -0.2) is 70.9 Å². The van der Waals surface area contributed by atoms with Gasteiger partial charge in [-0.15, -0.1) is 0 Å². The Hall–Kier alpha value is -0.280. The molecule has 0 aromatic carbocycles. The molecular formula is C25H51NO6. The van der Waals surface area contributed by atoms with E-state index in [1.54, 1.807) is 0 Å². The molecule has 1 aliphatic heterocycles. The van der Waals surface area contributed by atoms with Crippen molar-refractivity contribution in [3.05, 3.63) is 0 Å². The fourth-order valence-electron chi connectivity index (χ4n) is 4.71.